The molecule has 0 saturated heterocycles. The molecule has 0 atom stereocenters. The number of phenolic OH excluding ortho intramolecular Hbond substituents is 1. The molecule has 0 aliphatic rings. The fraction of sp³-hybridized carbons (Fsp3) is 0.231. The minimum Gasteiger partial charge on any atom is -0.508 e. The summed E-state index contributed by atoms with van der Waals surface area (Å²) in [6, 6.07) is 3.19. The number of rotatable bonds is 2. The largest absolute Gasteiger partial charge is 0.508 e. The van der Waals surface area contributed by atoms with Gasteiger partial charge in [0, 0.05) is 22.9 Å². The summed E-state index contributed by atoms with van der Waals surface area (Å²) in [6.07, 6.45) is 0.693. The Hall–Kier alpha value is -2.10. The van der Waals surface area contributed by atoms with Gasteiger partial charge in [0.2, 0.25) is 0 Å². The number of aldehydes is 1. The summed E-state index contributed by atoms with van der Waals surface area (Å²) < 4.78 is 5.16. The van der Waals surface area contributed by atoms with E-state index >= 15 is 0 Å². The van der Waals surface area contributed by atoms with Crippen LogP contribution in [0.3, 0.4) is 0 Å². The van der Waals surface area contributed by atoms with Crippen LogP contribution in [0, 0.1) is 13.8 Å². The number of fused-ring (bicyclic) bond motifs is 1. The third-order valence-corrected chi connectivity index (χ3v) is 2.99. The lowest BCUT2D eigenvalue weighted by molar-refractivity contribution is -0.107. The third kappa shape index (κ3) is 1.71. The van der Waals surface area contributed by atoms with Gasteiger partial charge in [0.1, 0.15) is 17.6 Å². The molecule has 0 unspecified atom stereocenters. The van der Waals surface area contributed by atoms with Crippen molar-refractivity contribution in [3.63, 3.8) is 0 Å². The zero-order chi connectivity index (χ0) is 12.6. The summed E-state index contributed by atoms with van der Waals surface area (Å²) in [4.78, 5) is 22.2. The molecule has 0 aliphatic carbocycles. The molecule has 1 N–H and O–H groups in total. The van der Waals surface area contributed by atoms with E-state index in [1.165, 1.54) is 6.07 Å². The summed E-state index contributed by atoms with van der Waals surface area (Å²) in [6.45, 7) is 3.50. The SMILES string of the molecule is Cc1c(C)c2ccc(O)c(CC=O)c2oc1=O. The standard InChI is InChI=1S/C13H12O4/c1-7-8(2)13(16)17-12-9(7)3-4-11(15)10(12)5-6-14/h3-4,6,15H,5H2,1-2H3. The zero-order valence-corrected chi connectivity index (χ0v) is 9.61. The van der Waals surface area contributed by atoms with Crippen LogP contribution in [-0.2, 0) is 11.2 Å². The second-order valence-electron chi connectivity index (χ2n) is 3.95. The summed E-state index contributed by atoms with van der Waals surface area (Å²) >= 11 is 0. The predicted octanol–water partition coefficient (Wildman–Crippen LogP) is 1.86. The molecule has 1 aromatic carbocycles. The molecule has 88 valence electrons. The summed E-state index contributed by atoms with van der Waals surface area (Å²) in [5.74, 6) is -0.0315. The molecule has 17 heavy (non-hydrogen) atoms. The van der Waals surface area contributed by atoms with Crippen LogP contribution >= 0.6 is 0 Å². The molecule has 2 aromatic rings. The molecule has 0 aliphatic heterocycles. The first kappa shape index (κ1) is 11.4. The molecular weight excluding hydrogens is 220 g/mol. The highest BCUT2D eigenvalue weighted by Crippen LogP contribution is 2.29. The van der Waals surface area contributed by atoms with Crippen molar-refractivity contribution >= 4 is 17.3 Å². The van der Waals surface area contributed by atoms with Crippen molar-refractivity contribution in [2.24, 2.45) is 0 Å². The number of hydrogen-bond acceptors (Lipinski definition) is 4. The highest BCUT2D eigenvalue weighted by atomic mass is 16.4. The monoisotopic (exact) mass is 232 g/mol. The van der Waals surface area contributed by atoms with Crippen LogP contribution in [0.2, 0.25) is 0 Å². The van der Waals surface area contributed by atoms with Gasteiger partial charge in [-0.15, -0.1) is 0 Å². The lowest BCUT2D eigenvalue weighted by Crippen LogP contribution is -2.07. The Kier molecular flexibility index (Phi) is 2.71. The number of aromatic hydroxyl groups is 1. The van der Waals surface area contributed by atoms with E-state index in [1.54, 1.807) is 13.0 Å². The van der Waals surface area contributed by atoms with Gasteiger partial charge in [0.25, 0.3) is 0 Å². The number of phenols is 1. The highest BCUT2D eigenvalue weighted by Gasteiger charge is 2.13. The Labute approximate surface area is 97.5 Å². The van der Waals surface area contributed by atoms with E-state index in [2.05, 4.69) is 0 Å². The Bertz CT molecular complexity index is 652. The van der Waals surface area contributed by atoms with Crippen molar-refractivity contribution in [3.05, 3.63) is 39.2 Å². The van der Waals surface area contributed by atoms with Crippen molar-refractivity contribution in [1.29, 1.82) is 0 Å². The number of hydrogen-bond donors (Lipinski definition) is 1. The molecule has 0 amide bonds. The van der Waals surface area contributed by atoms with Gasteiger partial charge in [-0.2, -0.15) is 0 Å². The average molecular weight is 232 g/mol. The lowest BCUT2D eigenvalue weighted by Gasteiger charge is -2.08. The first-order valence-corrected chi connectivity index (χ1v) is 5.24. The van der Waals surface area contributed by atoms with Crippen molar-refractivity contribution in [2.45, 2.75) is 20.3 Å². The fourth-order valence-electron chi connectivity index (χ4n) is 1.83. The van der Waals surface area contributed by atoms with E-state index in [0.717, 1.165) is 10.9 Å². The Balaban J connectivity index is 2.95. The molecule has 0 radical (unpaired) electrons. The first-order valence-electron chi connectivity index (χ1n) is 5.24. The van der Waals surface area contributed by atoms with E-state index in [4.69, 9.17) is 4.42 Å². The normalized spacial score (nSPS) is 10.7. The van der Waals surface area contributed by atoms with Crippen LogP contribution in [0.4, 0.5) is 0 Å². The Morgan fingerprint density at radius 1 is 1.29 bits per heavy atom. The van der Waals surface area contributed by atoms with Crippen LogP contribution in [0.5, 0.6) is 5.75 Å². The minimum atomic E-state index is -0.437. The molecule has 0 spiro atoms. The molecule has 0 saturated carbocycles. The molecule has 0 fully saturated rings. The second kappa shape index (κ2) is 4.05. The summed E-state index contributed by atoms with van der Waals surface area (Å²) in [5.41, 5.74) is 1.57. The number of carbonyl (C=O) groups is 1. The Morgan fingerprint density at radius 3 is 2.65 bits per heavy atom. The van der Waals surface area contributed by atoms with Crippen molar-refractivity contribution in [1.82, 2.24) is 0 Å². The van der Waals surface area contributed by atoms with Crippen molar-refractivity contribution in [3.8, 4) is 5.75 Å². The maximum atomic E-state index is 11.6. The number of benzene rings is 1. The molecule has 1 aromatic heterocycles. The van der Waals surface area contributed by atoms with E-state index in [1.807, 2.05) is 6.92 Å². The molecule has 4 nitrogen and oxygen atoms in total. The van der Waals surface area contributed by atoms with E-state index in [-0.39, 0.29) is 12.2 Å². The molecule has 4 heteroatoms. The van der Waals surface area contributed by atoms with Gasteiger partial charge in [-0.25, -0.2) is 4.79 Å². The maximum absolute atomic E-state index is 11.6. The highest BCUT2D eigenvalue weighted by molar-refractivity contribution is 5.87. The van der Waals surface area contributed by atoms with Crippen LogP contribution < -0.4 is 5.63 Å². The zero-order valence-electron chi connectivity index (χ0n) is 9.61. The van der Waals surface area contributed by atoms with Gasteiger partial charge in [-0.1, -0.05) is 0 Å². The number of aryl methyl sites for hydroxylation is 1. The van der Waals surface area contributed by atoms with Crippen LogP contribution in [0.1, 0.15) is 16.7 Å². The van der Waals surface area contributed by atoms with Gasteiger partial charge in [-0.05, 0) is 31.5 Å². The average Bonchev–Trinajstić information content (AvgIpc) is 2.30. The number of carbonyl (C=O) groups excluding carboxylic acids is 1. The van der Waals surface area contributed by atoms with E-state index in [0.29, 0.717) is 23.0 Å². The quantitative estimate of drug-likeness (QED) is 0.633. The Morgan fingerprint density at radius 2 is 2.00 bits per heavy atom. The molecule has 1 heterocycles. The predicted molar refractivity (Wildman–Crippen MR) is 63.4 cm³/mol. The van der Waals surface area contributed by atoms with Gasteiger partial charge in [-0.3, -0.25) is 0 Å². The van der Waals surface area contributed by atoms with E-state index in [9.17, 15) is 14.7 Å². The van der Waals surface area contributed by atoms with Crippen molar-refractivity contribution in [2.75, 3.05) is 0 Å². The van der Waals surface area contributed by atoms with Crippen LogP contribution in [0.25, 0.3) is 11.0 Å². The maximum Gasteiger partial charge on any atom is 0.339 e. The smallest absolute Gasteiger partial charge is 0.339 e. The summed E-state index contributed by atoms with van der Waals surface area (Å²) in [7, 11) is 0. The molecule has 2 rings (SSSR count). The van der Waals surface area contributed by atoms with Gasteiger partial charge in [0.05, 0.1) is 0 Å². The fourth-order valence-corrected chi connectivity index (χ4v) is 1.83. The lowest BCUT2D eigenvalue weighted by atomic mass is 10.0. The summed E-state index contributed by atoms with van der Waals surface area (Å²) in [5, 5.41) is 10.4. The third-order valence-electron chi connectivity index (χ3n) is 2.99. The molecular formula is C13H12O4. The van der Waals surface area contributed by atoms with Crippen molar-refractivity contribution < 1.29 is 14.3 Å². The first-order chi connectivity index (χ1) is 8.06. The van der Waals surface area contributed by atoms with Crippen LogP contribution in [-0.4, -0.2) is 11.4 Å². The minimum absolute atomic E-state index is 0.0224. The van der Waals surface area contributed by atoms with Gasteiger partial charge in [0.15, 0.2) is 0 Å². The van der Waals surface area contributed by atoms with Gasteiger partial charge < -0.3 is 14.3 Å². The topological polar surface area (TPSA) is 67.5 Å². The van der Waals surface area contributed by atoms with Gasteiger partial charge >= 0.3 is 5.63 Å². The van der Waals surface area contributed by atoms with Crippen LogP contribution in [0.15, 0.2) is 21.3 Å². The van der Waals surface area contributed by atoms with E-state index < -0.39 is 5.63 Å². The molecule has 0 bridgehead atoms. The second-order valence-corrected chi connectivity index (χ2v) is 3.95.